The van der Waals surface area contributed by atoms with Gasteiger partial charge in [-0.3, -0.25) is 0 Å². The maximum Gasteiger partial charge on any atom is 0.128 e. The number of hydrogen-bond acceptors (Lipinski definition) is 3. The highest BCUT2D eigenvalue weighted by Gasteiger charge is 2.42. The molecule has 0 amide bonds. The van der Waals surface area contributed by atoms with Crippen molar-refractivity contribution in [3.8, 4) is 5.75 Å². The molecule has 19 heavy (non-hydrogen) atoms. The standard InChI is InChI=1S/C15H22BrNO2/c1-4-7-17-12-9-14(15(12)18-3)19-13-6-5-11(16)8-10(13)2/h5-6,8,12,14-15,17H,4,7,9H2,1-3H3. The second kappa shape index (κ2) is 6.73. The Labute approximate surface area is 123 Å². The zero-order valence-corrected chi connectivity index (χ0v) is 13.4. The summed E-state index contributed by atoms with van der Waals surface area (Å²) in [5.74, 6) is 0.948. The lowest BCUT2D eigenvalue weighted by Gasteiger charge is -2.43. The van der Waals surface area contributed by atoms with Crippen LogP contribution < -0.4 is 10.1 Å². The van der Waals surface area contributed by atoms with Crippen molar-refractivity contribution in [1.29, 1.82) is 0 Å². The number of halogens is 1. The monoisotopic (exact) mass is 327 g/mol. The van der Waals surface area contributed by atoms with Gasteiger partial charge in [-0.1, -0.05) is 22.9 Å². The zero-order valence-electron chi connectivity index (χ0n) is 11.8. The van der Waals surface area contributed by atoms with Crippen LogP contribution in [0.2, 0.25) is 0 Å². The molecule has 1 aliphatic rings. The highest BCUT2D eigenvalue weighted by molar-refractivity contribution is 9.10. The number of nitrogens with one attached hydrogen (secondary N) is 1. The lowest BCUT2D eigenvalue weighted by Crippen LogP contribution is -2.61. The first-order chi connectivity index (χ1) is 9.15. The molecule has 0 aromatic heterocycles. The molecule has 0 saturated heterocycles. The van der Waals surface area contributed by atoms with Gasteiger partial charge in [0.25, 0.3) is 0 Å². The van der Waals surface area contributed by atoms with E-state index in [4.69, 9.17) is 9.47 Å². The van der Waals surface area contributed by atoms with E-state index in [1.165, 1.54) is 0 Å². The smallest absolute Gasteiger partial charge is 0.128 e. The van der Waals surface area contributed by atoms with E-state index in [1.54, 1.807) is 7.11 Å². The van der Waals surface area contributed by atoms with Crippen LogP contribution in [0.4, 0.5) is 0 Å². The van der Waals surface area contributed by atoms with Gasteiger partial charge in [0.05, 0.1) is 0 Å². The van der Waals surface area contributed by atoms with Crippen LogP contribution in [-0.2, 0) is 4.74 Å². The fourth-order valence-electron chi connectivity index (χ4n) is 2.45. The first-order valence-corrected chi connectivity index (χ1v) is 7.64. The fourth-order valence-corrected chi connectivity index (χ4v) is 2.93. The van der Waals surface area contributed by atoms with Crippen LogP contribution in [0.25, 0.3) is 0 Å². The van der Waals surface area contributed by atoms with Crippen molar-refractivity contribution >= 4 is 15.9 Å². The van der Waals surface area contributed by atoms with E-state index in [2.05, 4.69) is 41.2 Å². The summed E-state index contributed by atoms with van der Waals surface area (Å²) in [5, 5.41) is 3.50. The number of ether oxygens (including phenoxy) is 2. The Balaban J connectivity index is 1.93. The van der Waals surface area contributed by atoms with Crippen molar-refractivity contribution in [3.63, 3.8) is 0 Å². The van der Waals surface area contributed by atoms with Crippen LogP contribution in [-0.4, -0.2) is 31.9 Å². The fraction of sp³-hybridized carbons (Fsp3) is 0.600. The molecule has 1 saturated carbocycles. The molecule has 1 aliphatic carbocycles. The van der Waals surface area contributed by atoms with Gasteiger partial charge in [0.2, 0.25) is 0 Å². The molecule has 4 heteroatoms. The van der Waals surface area contributed by atoms with E-state index in [1.807, 2.05) is 12.1 Å². The normalized spacial score (nSPS) is 26.0. The molecule has 0 aliphatic heterocycles. The van der Waals surface area contributed by atoms with Crippen LogP contribution in [0.5, 0.6) is 5.75 Å². The molecular weight excluding hydrogens is 306 g/mol. The van der Waals surface area contributed by atoms with E-state index < -0.39 is 0 Å². The van der Waals surface area contributed by atoms with Crippen LogP contribution in [0.3, 0.4) is 0 Å². The van der Waals surface area contributed by atoms with Crippen molar-refractivity contribution in [2.24, 2.45) is 0 Å². The van der Waals surface area contributed by atoms with Crippen LogP contribution >= 0.6 is 15.9 Å². The highest BCUT2D eigenvalue weighted by atomic mass is 79.9. The van der Waals surface area contributed by atoms with Gasteiger partial charge in [-0.05, 0) is 43.7 Å². The summed E-state index contributed by atoms with van der Waals surface area (Å²) >= 11 is 3.47. The molecule has 1 aromatic carbocycles. The Bertz CT molecular complexity index is 425. The minimum atomic E-state index is 0.148. The van der Waals surface area contributed by atoms with Crippen molar-refractivity contribution in [1.82, 2.24) is 5.32 Å². The summed E-state index contributed by atoms with van der Waals surface area (Å²) < 4.78 is 12.7. The second-order valence-electron chi connectivity index (χ2n) is 5.06. The predicted octanol–water partition coefficient (Wildman–Crippen LogP) is 3.29. The summed E-state index contributed by atoms with van der Waals surface area (Å²) in [4.78, 5) is 0. The molecular formula is C15H22BrNO2. The average Bonchev–Trinajstić information content (AvgIpc) is 2.35. The molecule has 0 radical (unpaired) electrons. The van der Waals surface area contributed by atoms with E-state index in [0.29, 0.717) is 6.04 Å². The van der Waals surface area contributed by atoms with Gasteiger partial charge < -0.3 is 14.8 Å². The number of rotatable bonds is 6. The lowest BCUT2D eigenvalue weighted by atomic mass is 9.85. The maximum atomic E-state index is 6.06. The van der Waals surface area contributed by atoms with Gasteiger partial charge in [-0.15, -0.1) is 0 Å². The van der Waals surface area contributed by atoms with Crippen molar-refractivity contribution < 1.29 is 9.47 Å². The molecule has 3 nitrogen and oxygen atoms in total. The molecule has 1 aromatic rings. The number of benzene rings is 1. The van der Waals surface area contributed by atoms with Gasteiger partial charge in [0.15, 0.2) is 0 Å². The molecule has 1 fully saturated rings. The first kappa shape index (κ1) is 14.8. The maximum absolute atomic E-state index is 6.06. The zero-order chi connectivity index (χ0) is 13.8. The van der Waals surface area contributed by atoms with Crippen LogP contribution in [0.15, 0.2) is 22.7 Å². The minimum Gasteiger partial charge on any atom is -0.487 e. The van der Waals surface area contributed by atoms with Crippen molar-refractivity contribution in [3.05, 3.63) is 28.2 Å². The summed E-state index contributed by atoms with van der Waals surface area (Å²) in [7, 11) is 1.76. The van der Waals surface area contributed by atoms with E-state index in [-0.39, 0.29) is 12.2 Å². The summed E-state index contributed by atoms with van der Waals surface area (Å²) in [5.41, 5.74) is 1.15. The highest BCUT2D eigenvalue weighted by Crippen LogP contribution is 2.31. The van der Waals surface area contributed by atoms with Crippen LogP contribution in [0, 0.1) is 6.92 Å². The molecule has 3 unspecified atom stereocenters. The van der Waals surface area contributed by atoms with Gasteiger partial charge in [-0.25, -0.2) is 0 Å². The molecule has 0 bridgehead atoms. The number of hydrogen-bond donors (Lipinski definition) is 1. The van der Waals surface area contributed by atoms with E-state index in [0.717, 1.165) is 35.2 Å². The topological polar surface area (TPSA) is 30.5 Å². The Kier molecular flexibility index (Phi) is 5.25. The lowest BCUT2D eigenvalue weighted by molar-refractivity contribution is -0.0889. The van der Waals surface area contributed by atoms with Gasteiger partial charge >= 0.3 is 0 Å². The number of methoxy groups -OCH3 is 1. The molecule has 1 N–H and O–H groups in total. The Morgan fingerprint density at radius 1 is 1.42 bits per heavy atom. The SMILES string of the molecule is CCCNC1CC(Oc2ccc(Br)cc2C)C1OC. The van der Waals surface area contributed by atoms with E-state index in [9.17, 15) is 0 Å². The van der Waals surface area contributed by atoms with Crippen molar-refractivity contribution in [2.45, 2.75) is 44.9 Å². The second-order valence-corrected chi connectivity index (χ2v) is 5.98. The first-order valence-electron chi connectivity index (χ1n) is 6.84. The average molecular weight is 328 g/mol. The minimum absolute atomic E-state index is 0.148. The molecule has 3 atom stereocenters. The Hall–Kier alpha value is -0.580. The third kappa shape index (κ3) is 3.50. The van der Waals surface area contributed by atoms with Gasteiger partial charge in [0.1, 0.15) is 18.0 Å². The summed E-state index contributed by atoms with van der Waals surface area (Å²) in [6.07, 6.45) is 2.45. The molecule has 106 valence electrons. The van der Waals surface area contributed by atoms with Crippen LogP contribution in [0.1, 0.15) is 25.3 Å². The molecule has 0 heterocycles. The quantitative estimate of drug-likeness (QED) is 0.869. The largest absolute Gasteiger partial charge is 0.487 e. The number of aryl methyl sites for hydroxylation is 1. The third-order valence-electron chi connectivity index (χ3n) is 3.59. The summed E-state index contributed by atoms with van der Waals surface area (Å²) in [6.45, 7) is 5.27. The van der Waals surface area contributed by atoms with E-state index >= 15 is 0 Å². The molecule has 0 spiro atoms. The third-order valence-corrected chi connectivity index (χ3v) is 4.09. The summed E-state index contributed by atoms with van der Waals surface area (Å²) in [6, 6.07) is 6.52. The predicted molar refractivity (Wildman–Crippen MR) is 80.8 cm³/mol. The van der Waals surface area contributed by atoms with Crippen molar-refractivity contribution in [2.75, 3.05) is 13.7 Å². The van der Waals surface area contributed by atoms with Gasteiger partial charge in [-0.2, -0.15) is 0 Å². The molecule has 2 rings (SSSR count). The van der Waals surface area contributed by atoms with Gasteiger partial charge in [0, 0.05) is 24.0 Å². The Morgan fingerprint density at radius 2 is 2.21 bits per heavy atom. The Morgan fingerprint density at radius 3 is 2.84 bits per heavy atom.